The van der Waals surface area contributed by atoms with E-state index in [9.17, 15) is 9.59 Å². The second kappa shape index (κ2) is 8.61. The molecular formula is C24H25N3O3S. The summed E-state index contributed by atoms with van der Waals surface area (Å²) in [6, 6.07) is 11.8. The van der Waals surface area contributed by atoms with Crippen LogP contribution in [0, 0.1) is 20.8 Å². The van der Waals surface area contributed by atoms with Crippen LogP contribution in [0.3, 0.4) is 0 Å². The molecule has 0 aromatic heterocycles. The van der Waals surface area contributed by atoms with E-state index < -0.39 is 11.8 Å². The number of amides is 2. The van der Waals surface area contributed by atoms with Gasteiger partial charge in [0.1, 0.15) is 5.57 Å². The van der Waals surface area contributed by atoms with Crippen LogP contribution >= 0.6 is 12.2 Å². The molecule has 0 bridgehead atoms. The van der Waals surface area contributed by atoms with Gasteiger partial charge in [0.05, 0.1) is 18.9 Å². The largest absolute Gasteiger partial charge is 0.378 e. The number of hydrogen-bond acceptors (Lipinski definition) is 5. The van der Waals surface area contributed by atoms with Crippen LogP contribution in [0.5, 0.6) is 0 Å². The normalized spacial score (nSPS) is 18.5. The Kier molecular flexibility index (Phi) is 5.89. The monoisotopic (exact) mass is 435 g/mol. The number of carbonyl (C=O) groups excluding carboxylic acids is 2. The van der Waals surface area contributed by atoms with Crippen molar-refractivity contribution in [1.29, 1.82) is 0 Å². The topological polar surface area (TPSA) is 61.9 Å². The Labute approximate surface area is 187 Å². The lowest BCUT2D eigenvalue weighted by Gasteiger charge is -2.31. The fourth-order valence-corrected chi connectivity index (χ4v) is 4.20. The number of nitrogens with one attached hydrogen (secondary N) is 1. The number of benzene rings is 2. The van der Waals surface area contributed by atoms with E-state index in [2.05, 4.69) is 10.2 Å². The van der Waals surface area contributed by atoms with Crippen molar-refractivity contribution in [3.8, 4) is 0 Å². The van der Waals surface area contributed by atoms with Gasteiger partial charge in [-0.2, -0.15) is 0 Å². The first kappa shape index (κ1) is 21.2. The van der Waals surface area contributed by atoms with Crippen LogP contribution in [-0.2, 0) is 14.3 Å². The van der Waals surface area contributed by atoms with Gasteiger partial charge in [0.2, 0.25) is 0 Å². The van der Waals surface area contributed by atoms with Crippen LogP contribution < -0.4 is 15.1 Å². The summed E-state index contributed by atoms with van der Waals surface area (Å²) in [4.78, 5) is 29.6. The lowest BCUT2D eigenvalue weighted by Crippen LogP contribution is -2.54. The van der Waals surface area contributed by atoms with E-state index in [1.807, 2.05) is 57.2 Å². The highest BCUT2D eigenvalue weighted by atomic mass is 32.1. The van der Waals surface area contributed by atoms with Crippen molar-refractivity contribution in [2.45, 2.75) is 20.8 Å². The van der Waals surface area contributed by atoms with E-state index in [1.54, 1.807) is 6.08 Å². The van der Waals surface area contributed by atoms with Crippen molar-refractivity contribution < 1.29 is 14.3 Å². The lowest BCUT2D eigenvalue weighted by molar-refractivity contribution is -0.122. The van der Waals surface area contributed by atoms with E-state index in [0.717, 1.165) is 41.0 Å². The van der Waals surface area contributed by atoms with Gasteiger partial charge in [0.25, 0.3) is 11.8 Å². The molecule has 31 heavy (non-hydrogen) atoms. The van der Waals surface area contributed by atoms with Crippen molar-refractivity contribution in [3.63, 3.8) is 0 Å². The Balaban J connectivity index is 1.67. The molecule has 6 nitrogen and oxygen atoms in total. The molecule has 2 aromatic rings. The van der Waals surface area contributed by atoms with Gasteiger partial charge in [-0.25, -0.2) is 0 Å². The molecule has 2 heterocycles. The van der Waals surface area contributed by atoms with Crippen LogP contribution in [0.1, 0.15) is 22.3 Å². The van der Waals surface area contributed by atoms with Gasteiger partial charge in [-0.05, 0) is 79.5 Å². The summed E-state index contributed by atoms with van der Waals surface area (Å²) in [5, 5.41) is 2.76. The van der Waals surface area contributed by atoms with Crippen LogP contribution in [0.25, 0.3) is 6.08 Å². The molecule has 160 valence electrons. The Morgan fingerprint density at radius 3 is 2.42 bits per heavy atom. The summed E-state index contributed by atoms with van der Waals surface area (Å²) in [5.74, 6) is -0.899. The summed E-state index contributed by atoms with van der Waals surface area (Å²) >= 11 is 5.32. The zero-order chi connectivity index (χ0) is 22.1. The number of aryl methyl sites for hydroxylation is 3. The maximum atomic E-state index is 13.3. The predicted octanol–water partition coefficient (Wildman–Crippen LogP) is 3.28. The lowest BCUT2D eigenvalue weighted by atomic mass is 10.0. The third-order valence-corrected chi connectivity index (χ3v) is 5.88. The predicted molar refractivity (Wildman–Crippen MR) is 126 cm³/mol. The summed E-state index contributed by atoms with van der Waals surface area (Å²) in [7, 11) is 0. The van der Waals surface area contributed by atoms with Crippen LogP contribution in [0.2, 0.25) is 0 Å². The highest BCUT2D eigenvalue weighted by Gasteiger charge is 2.35. The molecule has 2 fully saturated rings. The molecular weight excluding hydrogens is 410 g/mol. The number of hydrogen-bond donors (Lipinski definition) is 1. The minimum atomic E-state index is -0.480. The summed E-state index contributed by atoms with van der Waals surface area (Å²) in [6.07, 6.45) is 1.63. The number of ether oxygens (including phenoxy) is 1. The fraction of sp³-hybridized carbons (Fsp3) is 0.292. The molecule has 0 aliphatic carbocycles. The second-order valence-electron chi connectivity index (χ2n) is 7.89. The summed E-state index contributed by atoms with van der Waals surface area (Å²) in [5.41, 5.74) is 5.68. The third-order valence-electron chi connectivity index (χ3n) is 5.59. The van der Waals surface area contributed by atoms with E-state index >= 15 is 0 Å². The minimum Gasteiger partial charge on any atom is -0.378 e. The third kappa shape index (κ3) is 4.24. The fourth-order valence-electron chi connectivity index (χ4n) is 3.93. The van der Waals surface area contributed by atoms with Gasteiger partial charge in [-0.1, -0.05) is 18.2 Å². The molecule has 0 unspecified atom stereocenters. The summed E-state index contributed by atoms with van der Waals surface area (Å²) in [6.45, 7) is 9.04. The highest BCUT2D eigenvalue weighted by Crippen LogP contribution is 2.28. The van der Waals surface area contributed by atoms with Gasteiger partial charge in [0.15, 0.2) is 5.11 Å². The number of morpholine rings is 1. The molecule has 2 aromatic carbocycles. The molecule has 2 amide bonds. The number of anilines is 2. The van der Waals surface area contributed by atoms with Crippen LogP contribution in [0.4, 0.5) is 11.4 Å². The van der Waals surface area contributed by atoms with Crippen molar-refractivity contribution in [1.82, 2.24) is 5.32 Å². The van der Waals surface area contributed by atoms with Gasteiger partial charge in [-0.15, -0.1) is 0 Å². The Morgan fingerprint density at radius 1 is 0.968 bits per heavy atom. The maximum Gasteiger partial charge on any atom is 0.270 e. The number of carbonyl (C=O) groups is 2. The highest BCUT2D eigenvalue weighted by molar-refractivity contribution is 7.80. The first-order valence-electron chi connectivity index (χ1n) is 10.3. The van der Waals surface area contributed by atoms with Crippen LogP contribution in [0.15, 0.2) is 42.0 Å². The zero-order valence-corrected chi connectivity index (χ0v) is 18.7. The standard InChI is InChI=1S/C24H25N3O3S/c1-15-4-5-16(2)21(12-15)27-23(29)19(22(28)25-24(27)31)14-18-6-7-20(17(3)13-18)26-8-10-30-11-9-26/h4-7,12-14H,8-11H2,1-3H3,(H,25,28,31)/b19-14+. The Bertz CT molecular complexity index is 1100. The smallest absolute Gasteiger partial charge is 0.270 e. The molecule has 1 N–H and O–H groups in total. The number of rotatable bonds is 3. The van der Waals surface area contributed by atoms with Crippen molar-refractivity contribution in [2.24, 2.45) is 0 Å². The Morgan fingerprint density at radius 2 is 1.71 bits per heavy atom. The second-order valence-corrected chi connectivity index (χ2v) is 8.28. The molecule has 7 heteroatoms. The van der Waals surface area contributed by atoms with Crippen LogP contribution in [-0.4, -0.2) is 43.2 Å². The first-order valence-corrected chi connectivity index (χ1v) is 10.7. The average molecular weight is 436 g/mol. The molecule has 4 rings (SSSR count). The zero-order valence-electron chi connectivity index (χ0n) is 17.9. The molecule has 2 saturated heterocycles. The van der Waals surface area contributed by atoms with Gasteiger partial charge < -0.3 is 9.64 Å². The van der Waals surface area contributed by atoms with E-state index in [-0.39, 0.29) is 10.7 Å². The number of thiocarbonyl (C=S) groups is 1. The molecule has 2 aliphatic heterocycles. The van der Waals surface area contributed by atoms with Crippen molar-refractivity contribution in [2.75, 3.05) is 36.1 Å². The molecule has 2 aliphatic rings. The SMILES string of the molecule is Cc1ccc(C)c(N2C(=O)/C(=C/c3ccc(N4CCOCC4)c(C)c3)C(=O)NC2=S)c1. The van der Waals surface area contributed by atoms with E-state index in [0.29, 0.717) is 18.9 Å². The minimum absolute atomic E-state index is 0.0630. The van der Waals surface area contributed by atoms with Gasteiger partial charge in [0, 0.05) is 18.8 Å². The average Bonchev–Trinajstić information content (AvgIpc) is 2.74. The first-order chi connectivity index (χ1) is 14.8. The molecule has 0 radical (unpaired) electrons. The Hall–Kier alpha value is -3.03. The molecule has 0 atom stereocenters. The van der Waals surface area contributed by atoms with E-state index in [4.69, 9.17) is 17.0 Å². The van der Waals surface area contributed by atoms with Crippen molar-refractivity contribution >= 4 is 46.6 Å². The quantitative estimate of drug-likeness (QED) is 0.456. The molecule has 0 saturated carbocycles. The van der Waals surface area contributed by atoms with Crippen molar-refractivity contribution in [3.05, 3.63) is 64.2 Å². The van der Waals surface area contributed by atoms with E-state index in [1.165, 1.54) is 4.90 Å². The molecule has 0 spiro atoms. The van der Waals surface area contributed by atoms with Gasteiger partial charge in [-0.3, -0.25) is 19.8 Å². The number of nitrogens with zero attached hydrogens (tertiary/aromatic N) is 2. The maximum absolute atomic E-state index is 13.3. The van der Waals surface area contributed by atoms with Gasteiger partial charge >= 0.3 is 0 Å². The summed E-state index contributed by atoms with van der Waals surface area (Å²) < 4.78 is 5.43.